The van der Waals surface area contributed by atoms with E-state index in [4.69, 9.17) is 4.74 Å². The highest BCUT2D eigenvalue weighted by Gasteiger charge is 2.18. The Hall–Kier alpha value is -3.21. The molecule has 0 aliphatic carbocycles. The summed E-state index contributed by atoms with van der Waals surface area (Å²) in [5.74, 6) is 1.46. The summed E-state index contributed by atoms with van der Waals surface area (Å²) in [5, 5.41) is 2.59. The van der Waals surface area contributed by atoms with Gasteiger partial charge in [-0.1, -0.05) is 24.8 Å². The number of nitrogens with zero attached hydrogens (tertiary/aromatic N) is 2. The zero-order valence-electron chi connectivity index (χ0n) is 12.6. The molecule has 5 heteroatoms. The first-order chi connectivity index (χ1) is 11.1. The lowest BCUT2D eigenvalue weighted by Gasteiger charge is -2.13. The number of carbonyl (C=O) groups excluding carboxylic acids is 1. The summed E-state index contributed by atoms with van der Waals surface area (Å²) in [4.78, 5) is 20.2. The number of hydrogen-bond acceptors (Lipinski definition) is 3. The number of aliphatic imine (C=N–C) groups is 2. The molecule has 0 saturated heterocycles. The minimum absolute atomic E-state index is 0.261. The monoisotopic (exact) mass is 305 g/mol. The average Bonchev–Trinajstić information content (AvgIpc) is 2.55. The average molecular weight is 305 g/mol. The summed E-state index contributed by atoms with van der Waals surface area (Å²) in [6, 6.07) is 16.7. The lowest BCUT2D eigenvalue weighted by atomic mass is 10.2. The first-order valence-electron chi connectivity index (χ1n) is 7.09. The van der Waals surface area contributed by atoms with Crippen LogP contribution in [0, 0.1) is 0 Å². The van der Waals surface area contributed by atoms with Gasteiger partial charge in [0.05, 0.1) is 17.0 Å². The van der Waals surface area contributed by atoms with Gasteiger partial charge in [-0.3, -0.25) is 10.1 Å². The second kappa shape index (κ2) is 6.27. The summed E-state index contributed by atoms with van der Waals surface area (Å²) in [7, 11) is 0. The van der Waals surface area contributed by atoms with Crippen LogP contribution in [0.4, 0.5) is 5.69 Å². The fraction of sp³-hybridized carbons (Fsp3) is 0.0556. The van der Waals surface area contributed by atoms with E-state index >= 15 is 0 Å². The van der Waals surface area contributed by atoms with Crippen LogP contribution in [-0.2, 0) is 4.79 Å². The fourth-order valence-corrected chi connectivity index (χ4v) is 1.98. The maximum atomic E-state index is 11.7. The van der Waals surface area contributed by atoms with Gasteiger partial charge in [0.15, 0.2) is 0 Å². The molecule has 23 heavy (non-hydrogen) atoms. The largest absolute Gasteiger partial charge is 0.457 e. The van der Waals surface area contributed by atoms with Crippen LogP contribution in [0.25, 0.3) is 0 Å². The molecule has 0 unspecified atom stereocenters. The molecule has 2 aromatic carbocycles. The first kappa shape index (κ1) is 14.7. The zero-order valence-corrected chi connectivity index (χ0v) is 12.6. The van der Waals surface area contributed by atoms with Gasteiger partial charge in [-0.05, 0) is 43.3 Å². The number of benzene rings is 2. The van der Waals surface area contributed by atoms with Crippen molar-refractivity contribution in [2.75, 3.05) is 0 Å². The maximum Gasteiger partial charge on any atom is 0.259 e. The van der Waals surface area contributed by atoms with Crippen molar-refractivity contribution in [1.82, 2.24) is 5.32 Å². The number of para-hydroxylation sites is 1. The van der Waals surface area contributed by atoms with Crippen LogP contribution in [0.2, 0.25) is 0 Å². The summed E-state index contributed by atoms with van der Waals surface area (Å²) >= 11 is 0. The number of hydrogen-bond donors (Lipinski definition) is 1. The van der Waals surface area contributed by atoms with E-state index in [1.807, 2.05) is 42.5 Å². The third-order valence-corrected chi connectivity index (χ3v) is 3.26. The Morgan fingerprint density at radius 2 is 1.70 bits per heavy atom. The van der Waals surface area contributed by atoms with Gasteiger partial charge in [0.25, 0.3) is 5.91 Å². The second-order valence-electron chi connectivity index (χ2n) is 4.97. The standard InChI is InChI=1S/C18H15N3O2/c1-12-13(2)19-18(21-17(12)22)20-14-8-10-16(11-9-14)23-15-6-4-3-5-7-15/h3-11H,1H2,2H3,(H,20,21,22). The van der Waals surface area contributed by atoms with Gasteiger partial charge < -0.3 is 4.74 Å². The van der Waals surface area contributed by atoms with Gasteiger partial charge in [0.2, 0.25) is 5.96 Å². The number of nitrogens with one attached hydrogen (secondary N) is 1. The van der Waals surface area contributed by atoms with Crippen molar-refractivity contribution in [3.05, 3.63) is 66.7 Å². The van der Waals surface area contributed by atoms with E-state index in [0.29, 0.717) is 22.7 Å². The predicted octanol–water partition coefficient (Wildman–Crippen LogP) is 3.61. The molecular formula is C18H15N3O2. The van der Waals surface area contributed by atoms with Crippen molar-refractivity contribution in [3.63, 3.8) is 0 Å². The van der Waals surface area contributed by atoms with Gasteiger partial charge in [0, 0.05) is 0 Å². The minimum Gasteiger partial charge on any atom is -0.457 e. The van der Waals surface area contributed by atoms with E-state index in [1.165, 1.54) is 0 Å². The third kappa shape index (κ3) is 3.52. The molecule has 0 atom stereocenters. The van der Waals surface area contributed by atoms with E-state index in [2.05, 4.69) is 21.9 Å². The van der Waals surface area contributed by atoms with E-state index in [9.17, 15) is 4.79 Å². The second-order valence-corrected chi connectivity index (χ2v) is 4.97. The normalized spacial score (nSPS) is 16.0. The van der Waals surface area contributed by atoms with Crippen LogP contribution < -0.4 is 10.1 Å². The van der Waals surface area contributed by atoms with Crippen LogP contribution >= 0.6 is 0 Å². The number of carbonyl (C=O) groups is 1. The van der Waals surface area contributed by atoms with Crippen LogP contribution in [0.5, 0.6) is 11.5 Å². The van der Waals surface area contributed by atoms with E-state index < -0.39 is 0 Å². The molecule has 0 fully saturated rings. The van der Waals surface area contributed by atoms with Crippen LogP contribution in [-0.4, -0.2) is 17.6 Å². The van der Waals surface area contributed by atoms with Gasteiger partial charge in [-0.15, -0.1) is 0 Å². The molecule has 114 valence electrons. The Morgan fingerprint density at radius 1 is 1.04 bits per heavy atom. The van der Waals surface area contributed by atoms with Gasteiger partial charge in [0.1, 0.15) is 11.5 Å². The number of ether oxygens (including phenoxy) is 1. The highest BCUT2D eigenvalue weighted by molar-refractivity contribution is 6.29. The topological polar surface area (TPSA) is 63.0 Å². The Balaban J connectivity index is 1.76. The molecule has 0 spiro atoms. The van der Waals surface area contributed by atoms with Crippen molar-refractivity contribution in [2.24, 2.45) is 9.98 Å². The van der Waals surface area contributed by atoms with Gasteiger partial charge in [-0.2, -0.15) is 0 Å². The van der Waals surface area contributed by atoms with Crippen LogP contribution in [0.15, 0.2) is 76.7 Å². The lowest BCUT2D eigenvalue weighted by Crippen LogP contribution is -2.37. The van der Waals surface area contributed by atoms with Crippen molar-refractivity contribution < 1.29 is 9.53 Å². The summed E-state index contributed by atoms with van der Waals surface area (Å²) < 4.78 is 5.71. The van der Waals surface area contributed by atoms with Crippen molar-refractivity contribution in [2.45, 2.75) is 6.92 Å². The Morgan fingerprint density at radius 3 is 2.35 bits per heavy atom. The maximum absolute atomic E-state index is 11.7. The summed E-state index contributed by atoms with van der Waals surface area (Å²) in [6.07, 6.45) is 0. The molecule has 1 N–H and O–H groups in total. The van der Waals surface area contributed by atoms with E-state index in [1.54, 1.807) is 19.1 Å². The third-order valence-electron chi connectivity index (χ3n) is 3.26. The van der Waals surface area contributed by atoms with E-state index in [-0.39, 0.29) is 11.9 Å². The Labute approximate surface area is 134 Å². The van der Waals surface area contributed by atoms with Gasteiger partial charge >= 0.3 is 0 Å². The Kier molecular flexibility index (Phi) is 4.01. The molecule has 1 aliphatic heterocycles. The molecule has 2 aromatic rings. The van der Waals surface area contributed by atoms with E-state index in [0.717, 1.165) is 5.75 Å². The quantitative estimate of drug-likeness (QED) is 0.880. The Bertz CT molecular complexity index is 806. The molecule has 0 radical (unpaired) electrons. The smallest absolute Gasteiger partial charge is 0.259 e. The fourth-order valence-electron chi connectivity index (χ4n) is 1.98. The summed E-state index contributed by atoms with van der Waals surface area (Å²) in [6.45, 7) is 5.38. The van der Waals surface area contributed by atoms with Crippen molar-refractivity contribution in [1.29, 1.82) is 0 Å². The molecule has 1 heterocycles. The first-order valence-corrected chi connectivity index (χ1v) is 7.09. The SMILES string of the molecule is C=C1C(=O)NC(=Nc2ccc(Oc3ccccc3)cc2)N=C1C. The van der Waals surface area contributed by atoms with Crippen molar-refractivity contribution in [3.8, 4) is 11.5 Å². The van der Waals surface area contributed by atoms with Crippen molar-refractivity contribution >= 4 is 23.3 Å². The molecule has 1 aliphatic rings. The highest BCUT2D eigenvalue weighted by Crippen LogP contribution is 2.24. The molecule has 0 saturated carbocycles. The molecule has 0 bridgehead atoms. The van der Waals surface area contributed by atoms with Crippen LogP contribution in [0.3, 0.4) is 0 Å². The highest BCUT2D eigenvalue weighted by atomic mass is 16.5. The minimum atomic E-state index is -0.278. The molecule has 5 nitrogen and oxygen atoms in total. The zero-order chi connectivity index (χ0) is 16.2. The van der Waals surface area contributed by atoms with Gasteiger partial charge in [-0.25, -0.2) is 9.98 Å². The number of guanidine groups is 1. The predicted molar refractivity (Wildman–Crippen MR) is 90.4 cm³/mol. The lowest BCUT2D eigenvalue weighted by molar-refractivity contribution is -0.115. The van der Waals surface area contributed by atoms with Crippen LogP contribution in [0.1, 0.15) is 6.92 Å². The molecule has 3 rings (SSSR count). The summed E-state index contributed by atoms with van der Waals surface area (Å²) in [5.41, 5.74) is 1.59. The number of rotatable bonds is 3. The molecule has 0 aromatic heterocycles. The molecular weight excluding hydrogens is 290 g/mol. The molecule has 1 amide bonds. The number of amides is 1.